The maximum absolute atomic E-state index is 12.1. The van der Waals surface area contributed by atoms with Crippen molar-refractivity contribution >= 4 is 41.5 Å². The number of amides is 1. The number of likely N-dealkylation sites (tertiary alicyclic amines) is 1. The zero-order valence-corrected chi connectivity index (χ0v) is 18.3. The lowest BCUT2D eigenvalue weighted by Gasteiger charge is -2.24. The van der Waals surface area contributed by atoms with Crippen molar-refractivity contribution in [3.05, 3.63) is 24.5 Å². The Kier molecular flexibility index (Phi) is 9.26. The van der Waals surface area contributed by atoms with E-state index in [2.05, 4.69) is 30.8 Å². The van der Waals surface area contributed by atoms with Gasteiger partial charge in [-0.25, -0.2) is 4.99 Å². The number of aromatic nitrogens is 1. The molecule has 0 spiro atoms. The standard InChI is InChI=1S/C19H30N6O.HI/c1-2-21-19(22-13-18(26)23-15-6-5-10-20-12-15)24-16-9-11-25(14-16)17-7-3-4-8-17;/h5-6,10,12,16-17H,2-4,7-9,11,13-14H2,1H3,(H,23,26)(H2,21,22,24);1H. The van der Waals surface area contributed by atoms with E-state index in [9.17, 15) is 4.79 Å². The Morgan fingerprint density at radius 3 is 2.85 bits per heavy atom. The molecule has 7 nitrogen and oxygen atoms in total. The van der Waals surface area contributed by atoms with Gasteiger partial charge in [-0.15, -0.1) is 24.0 Å². The van der Waals surface area contributed by atoms with Crippen LogP contribution in [0.4, 0.5) is 5.69 Å². The molecule has 8 heteroatoms. The Bertz CT molecular complexity index is 605. The third-order valence-electron chi connectivity index (χ3n) is 5.07. The first-order chi connectivity index (χ1) is 12.7. The van der Waals surface area contributed by atoms with Crippen LogP contribution < -0.4 is 16.0 Å². The Labute approximate surface area is 178 Å². The lowest BCUT2D eigenvalue weighted by molar-refractivity contribution is -0.114. The first-order valence-electron chi connectivity index (χ1n) is 9.73. The summed E-state index contributed by atoms with van der Waals surface area (Å²) in [5, 5.41) is 9.54. The van der Waals surface area contributed by atoms with Crippen molar-refractivity contribution in [2.45, 2.75) is 51.1 Å². The molecule has 1 aliphatic heterocycles. The highest BCUT2D eigenvalue weighted by molar-refractivity contribution is 14.0. The van der Waals surface area contributed by atoms with Crippen molar-refractivity contribution < 1.29 is 4.79 Å². The molecule has 1 amide bonds. The second kappa shape index (κ2) is 11.4. The molecule has 1 unspecified atom stereocenters. The number of anilines is 1. The summed E-state index contributed by atoms with van der Waals surface area (Å²) < 4.78 is 0. The normalized spacial score (nSPS) is 20.9. The molecule has 3 N–H and O–H groups in total. The largest absolute Gasteiger partial charge is 0.357 e. The van der Waals surface area contributed by atoms with Crippen LogP contribution >= 0.6 is 24.0 Å². The summed E-state index contributed by atoms with van der Waals surface area (Å²) in [7, 11) is 0. The van der Waals surface area contributed by atoms with E-state index in [-0.39, 0.29) is 36.4 Å². The van der Waals surface area contributed by atoms with E-state index in [1.807, 2.05) is 13.0 Å². The minimum atomic E-state index is -0.144. The van der Waals surface area contributed by atoms with Gasteiger partial charge in [-0.3, -0.25) is 14.7 Å². The molecule has 1 saturated carbocycles. The molecular weight excluding hydrogens is 455 g/mol. The molecule has 0 aromatic carbocycles. The molecule has 2 heterocycles. The molecule has 2 aliphatic rings. The fraction of sp³-hybridized carbons (Fsp3) is 0.632. The first-order valence-corrected chi connectivity index (χ1v) is 9.73. The number of pyridine rings is 1. The van der Waals surface area contributed by atoms with Gasteiger partial charge in [0.25, 0.3) is 0 Å². The van der Waals surface area contributed by atoms with Gasteiger partial charge < -0.3 is 16.0 Å². The maximum Gasteiger partial charge on any atom is 0.246 e. The molecule has 1 aromatic heterocycles. The van der Waals surface area contributed by atoms with E-state index in [1.54, 1.807) is 18.5 Å². The third kappa shape index (κ3) is 6.91. The van der Waals surface area contributed by atoms with Crippen LogP contribution in [0.15, 0.2) is 29.5 Å². The van der Waals surface area contributed by atoms with Crippen LogP contribution in [0.2, 0.25) is 0 Å². The van der Waals surface area contributed by atoms with Crippen molar-refractivity contribution in [2.24, 2.45) is 4.99 Å². The second-order valence-corrected chi connectivity index (χ2v) is 7.05. The van der Waals surface area contributed by atoms with Gasteiger partial charge in [0, 0.05) is 37.9 Å². The Morgan fingerprint density at radius 1 is 1.33 bits per heavy atom. The van der Waals surface area contributed by atoms with E-state index in [1.165, 1.54) is 25.7 Å². The van der Waals surface area contributed by atoms with Crippen LogP contribution in [0.3, 0.4) is 0 Å². The minimum Gasteiger partial charge on any atom is -0.357 e. The van der Waals surface area contributed by atoms with Crippen molar-refractivity contribution in [3.63, 3.8) is 0 Å². The molecule has 3 rings (SSSR count). The summed E-state index contributed by atoms with van der Waals surface area (Å²) in [6.07, 6.45) is 9.86. The highest BCUT2D eigenvalue weighted by atomic mass is 127. The van der Waals surface area contributed by atoms with Gasteiger partial charge in [-0.05, 0) is 38.3 Å². The number of nitrogens with one attached hydrogen (secondary N) is 3. The predicted molar refractivity (Wildman–Crippen MR) is 120 cm³/mol. The maximum atomic E-state index is 12.1. The van der Waals surface area contributed by atoms with E-state index in [4.69, 9.17) is 0 Å². The van der Waals surface area contributed by atoms with Gasteiger partial charge in [0.05, 0.1) is 11.9 Å². The van der Waals surface area contributed by atoms with Crippen molar-refractivity contribution in [1.82, 2.24) is 20.5 Å². The van der Waals surface area contributed by atoms with Crippen molar-refractivity contribution in [3.8, 4) is 0 Å². The minimum absolute atomic E-state index is 0. The molecule has 1 aliphatic carbocycles. The topological polar surface area (TPSA) is 81.6 Å². The average molecular weight is 486 g/mol. The van der Waals surface area contributed by atoms with Crippen LogP contribution in [0.5, 0.6) is 0 Å². The molecule has 150 valence electrons. The molecule has 27 heavy (non-hydrogen) atoms. The van der Waals surface area contributed by atoms with E-state index >= 15 is 0 Å². The Hall–Kier alpha value is -1.42. The number of rotatable bonds is 6. The quantitative estimate of drug-likeness (QED) is 0.327. The zero-order chi connectivity index (χ0) is 18.2. The van der Waals surface area contributed by atoms with E-state index in [0.29, 0.717) is 17.7 Å². The number of guanidine groups is 1. The molecule has 1 aromatic rings. The number of halogens is 1. The smallest absolute Gasteiger partial charge is 0.246 e. The second-order valence-electron chi connectivity index (χ2n) is 7.05. The van der Waals surface area contributed by atoms with Crippen molar-refractivity contribution in [1.29, 1.82) is 0 Å². The summed E-state index contributed by atoms with van der Waals surface area (Å²) in [5.74, 6) is 0.571. The van der Waals surface area contributed by atoms with E-state index < -0.39 is 0 Å². The summed E-state index contributed by atoms with van der Waals surface area (Å²) in [5.41, 5.74) is 0.689. The number of carbonyl (C=O) groups excluding carboxylic acids is 1. The number of hydrogen-bond acceptors (Lipinski definition) is 4. The van der Waals surface area contributed by atoms with Crippen molar-refractivity contribution in [2.75, 3.05) is 31.5 Å². The van der Waals surface area contributed by atoms with Gasteiger partial charge >= 0.3 is 0 Å². The summed E-state index contributed by atoms with van der Waals surface area (Å²) in [6.45, 7) is 5.12. The fourth-order valence-electron chi connectivity index (χ4n) is 3.81. The van der Waals surface area contributed by atoms with E-state index in [0.717, 1.165) is 32.1 Å². The molecule has 0 radical (unpaired) electrons. The van der Waals surface area contributed by atoms with Gasteiger partial charge in [0.1, 0.15) is 6.54 Å². The number of hydrogen-bond donors (Lipinski definition) is 3. The molecule has 1 atom stereocenters. The van der Waals surface area contributed by atoms with Gasteiger partial charge in [0.2, 0.25) is 5.91 Å². The number of carbonyl (C=O) groups is 1. The molecule has 0 bridgehead atoms. The summed E-state index contributed by atoms with van der Waals surface area (Å²) in [4.78, 5) is 23.1. The van der Waals surface area contributed by atoms with Crippen LogP contribution in [0, 0.1) is 0 Å². The summed E-state index contributed by atoms with van der Waals surface area (Å²) >= 11 is 0. The Morgan fingerprint density at radius 2 is 2.15 bits per heavy atom. The van der Waals surface area contributed by atoms with Crippen LogP contribution in [0.1, 0.15) is 39.0 Å². The van der Waals surface area contributed by atoms with Gasteiger partial charge in [-0.2, -0.15) is 0 Å². The third-order valence-corrected chi connectivity index (χ3v) is 5.07. The van der Waals surface area contributed by atoms with Crippen LogP contribution in [-0.4, -0.2) is 60.0 Å². The highest BCUT2D eigenvalue weighted by Crippen LogP contribution is 2.26. The predicted octanol–water partition coefficient (Wildman–Crippen LogP) is 2.21. The van der Waals surface area contributed by atoms with Gasteiger partial charge in [-0.1, -0.05) is 12.8 Å². The monoisotopic (exact) mass is 486 g/mol. The van der Waals surface area contributed by atoms with Gasteiger partial charge in [0.15, 0.2) is 5.96 Å². The average Bonchev–Trinajstić information content (AvgIpc) is 3.32. The number of aliphatic imine (C=N–C) groups is 1. The molecular formula is C19H31IN6O. The lowest BCUT2D eigenvalue weighted by Crippen LogP contribution is -2.45. The molecule has 1 saturated heterocycles. The lowest BCUT2D eigenvalue weighted by atomic mass is 10.2. The Balaban J connectivity index is 0.00000261. The highest BCUT2D eigenvalue weighted by Gasteiger charge is 2.30. The van der Waals surface area contributed by atoms with Crippen LogP contribution in [0.25, 0.3) is 0 Å². The molecule has 2 fully saturated rings. The zero-order valence-electron chi connectivity index (χ0n) is 16.0. The fourth-order valence-corrected chi connectivity index (χ4v) is 3.81. The summed E-state index contributed by atoms with van der Waals surface area (Å²) in [6, 6.07) is 4.77. The number of nitrogens with zero attached hydrogens (tertiary/aromatic N) is 3. The van der Waals surface area contributed by atoms with Crippen LogP contribution in [-0.2, 0) is 4.79 Å². The SMILES string of the molecule is CCNC(=NCC(=O)Nc1cccnc1)NC1CCN(C2CCCC2)C1.I. The first kappa shape index (κ1) is 21.9.